The summed E-state index contributed by atoms with van der Waals surface area (Å²) in [5, 5.41) is 2.57. The number of amides is 1. The molecule has 1 heterocycles. The lowest BCUT2D eigenvalue weighted by Crippen LogP contribution is -2.17. The molecule has 1 amide bonds. The molecule has 1 aromatic heterocycles. The van der Waals surface area contributed by atoms with Crippen LogP contribution in [-0.2, 0) is 4.79 Å². The minimum Gasteiger partial charge on any atom is -0.326 e. The van der Waals surface area contributed by atoms with Crippen molar-refractivity contribution in [3.63, 3.8) is 0 Å². The number of aromatic nitrogens is 1. The normalized spacial score (nSPS) is 18.8. The molecule has 1 aliphatic carbocycles. The van der Waals surface area contributed by atoms with E-state index in [-0.39, 0.29) is 6.42 Å². The zero-order chi connectivity index (χ0) is 15.9. The molecule has 3 rings (SSSR count). The van der Waals surface area contributed by atoms with E-state index in [1.165, 1.54) is 0 Å². The molecule has 0 aliphatic heterocycles. The number of pyridine rings is 1. The van der Waals surface area contributed by atoms with Gasteiger partial charge in [0.1, 0.15) is 5.92 Å². The first-order chi connectivity index (χ1) is 10.4. The molecule has 0 saturated heterocycles. The zero-order valence-corrected chi connectivity index (χ0v) is 12.4. The van der Waals surface area contributed by atoms with Gasteiger partial charge < -0.3 is 5.32 Å². The summed E-state index contributed by atoms with van der Waals surface area (Å²) < 4.78 is 25.9. The molecular formula is C17H16F2N2O. The summed E-state index contributed by atoms with van der Waals surface area (Å²) in [4.78, 5) is 16.2. The maximum Gasteiger partial charge on any atom is 0.260 e. The van der Waals surface area contributed by atoms with Gasteiger partial charge in [-0.3, -0.25) is 9.78 Å². The molecular weight excluding hydrogens is 286 g/mol. The minimum atomic E-state index is -2.85. The Morgan fingerprint density at radius 2 is 2.00 bits per heavy atom. The quantitative estimate of drug-likeness (QED) is 0.932. The monoisotopic (exact) mass is 302 g/mol. The highest BCUT2D eigenvalue weighted by molar-refractivity contribution is 5.96. The maximum atomic E-state index is 12.9. The minimum absolute atomic E-state index is 0.364. The lowest BCUT2D eigenvalue weighted by molar-refractivity contribution is -0.119. The van der Waals surface area contributed by atoms with E-state index in [4.69, 9.17) is 0 Å². The number of benzene rings is 1. The Morgan fingerprint density at radius 1 is 1.27 bits per heavy atom. The highest BCUT2D eigenvalue weighted by Gasteiger charge is 2.61. The molecule has 3 nitrogen and oxygen atoms in total. The first-order valence-electron chi connectivity index (χ1n) is 7.10. The Hall–Kier alpha value is -2.30. The predicted molar refractivity (Wildman–Crippen MR) is 80.8 cm³/mol. The maximum absolute atomic E-state index is 12.9. The number of hydrogen-bond donors (Lipinski definition) is 1. The second-order valence-corrected chi connectivity index (χ2v) is 5.71. The number of nitrogens with one attached hydrogen (secondary N) is 1. The van der Waals surface area contributed by atoms with Crippen LogP contribution >= 0.6 is 0 Å². The van der Waals surface area contributed by atoms with E-state index in [9.17, 15) is 13.6 Å². The van der Waals surface area contributed by atoms with Crippen molar-refractivity contribution in [2.24, 2.45) is 5.92 Å². The molecule has 1 atom stereocenters. The summed E-state index contributed by atoms with van der Waals surface area (Å²) in [5.41, 5.74) is 4.25. The predicted octanol–water partition coefficient (Wildman–Crippen LogP) is 3.96. The summed E-state index contributed by atoms with van der Waals surface area (Å²) in [5.74, 6) is -4.68. The molecule has 0 unspecified atom stereocenters. The smallest absolute Gasteiger partial charge is 0.260 e. The van der Waals surface area contributed by atoms with Gasteiger partial charge in [0.05, 0.1) is 5.69 Å². The number of carbonyl (C=O) groups excluding carboxylic acids is 1. The van der Waals surface area contributed by atoms with Gasteiger partial charge in [0.2, 0.25) is 5.91 Å². The van der Waals surface area contributed by atoms with Gasteiger partial charge in [-0.1, -0.05) is 12.1 Å². The molecule has 0 bridgehead atoms. The summed E-state index contributed by atoms with van der Waals surface area (Å²) in [6.45, 7) is 3.90. The number of anilines is 1. The van der Waals surface area contributed by atoms with Crippen LogP contribution in [0.25, 0.3) is 11.3 Å². The molecule has 0 radical (unpaired) electrons. The number of alkyl halides is 2. The SMILES string of the molecule is Cc1ccc(NC(=O)[C@H]2CC2(F)F)cc1-c1ncccc1C. The fourth-order valence-corrected chi connectivity index (χ4v) is 2.45. The Bertz CT molecular complexity index is 743. The number of rotatable bonds is 3. The number of carbonyl (C=O) groups is 1. The molecule has 2 aromatic rings. The number of nitrogens with zero attached hydrogens (tertiary/aromatic N) is 1. The molecule has 1 saturated carbocycles. The summed E-state index contributed by atoms with van der Waals surface area (Å²) in [6, 6.07) is 9.16. The van der Waals surface area contributed by atoms with Gasteiger partial charge in [-0.05, 0) is 43.2 Å². The van der Waals surface area contributed by atoms with E-state index >= 15 is 0 Å². The van der Waals surface area contributed by atoms with Crippen LogP contribution < -0.4 is 5.32 Å². The topological polar surface area (TPSA) is 42.0 Å². The van der Waals surface area contributed by atoms with Crippen LogP contribution in [0.5, 0.6) is 0 Å². The Morgan fingerprint density at radius 3 is 2.64 bits per heavy atom. The molecule has 1 aliphatic rings. The van der Waals surface area contributed by atoms with Crippen molar-refractivity contribution in [3.8, 4) is 11.3 Å². The van der Waals surface area contributed by atoms with E-state index in [0.29, 0.717) is 5.69 Å². The number of hydrogen-bond acceptors (Lipinski definition) is 2. The number of aryl methyl sites for hydroxylation is 2. The van der Waals surface area contributed by atoms with E-state index < -0.39 is 17.7 Å². The third kappa shape index (κ3) is 2.71. The lowest BCUT2D eigenvalue weighted by atomic mass is 10.0. The van der Waals surface area contributed by atoms with Crippen molar-refractivity contribution < 1.29 is 13.6 Å². The van der Waals surface area contributed by atoms with Gasteiger partial charge >= 0.3 is 0 Å². The van der Waals surface area contributed by atoms with E-state index in [1.807, 2.05) is 32.0 Å². The highest BCUT2D eigenvalue weighted by Crippen LogP contribution is 2.49. The van der Waals surface area contributed by atoms with Gasteiger partial charge in [-0.15, -0.1) is 0 Å². The Balaban J connectivity index is 1.88. The van der Waals surface area contributed by atoms with Crippen LogP contribution in [0.4, 0.5) is 14.5 Å². The van der Waals surface area contributed by atoms with Gasteiger partial charge in [0, 0.05) is 23.9 Å². The highest BCUT2D eigenvalue weighted by atomic mass is 19.3. The third-order valence-electron chi connectivity index (χ3n) is 3.91. The summed E-state index contributed by atoms with van der Waals surface area (Å²) in [6.07, 6.45) is 1.34. The van der Waals surface area contributed by atoms with E-state index in [0.717, 1.165) is 22.4 Å². The Labute approximate surface area is 127 Å². The fraction of sp³-hybridized carbons (Fsp3) is 0.294. The van der Waals surface area contributed by atoms with E-state index in [1.54, 1.807) is 18.3 Å². The van der Waals surface area contributed by atoms with Gasteiger partial charge in [0.25, 0.3) is 5.92 Å². The van der Waals surface area contributed by atoms with Gasteiger partial charge in [0.15, 0.2) is 0 Å². The first kappa shape index (κ1) is 14.6. The molecule has 5 heteroatoms. The van der Waals surface area contributed by atoms with Crippen molar-refractivity contribution in [1.29, 1.82) is 0 Å². The number of halogens is 2. The second kappa shape index (κ2) is 5.16. The molecule has 114 valence electrons. The average molecular weight is 302 g/mol. The van der Waals surface area contributed by atoms with Gasteiger partial charge in [-0.2, -0.15) is 0 Å². The fourth-order valence-electron chi connectivity index (χ4n) is 2.45. The first-order valence-corrected chi connectivity index (χ1v) is 7.10. The van der Waals surface area contributed by atoms with Crippen LogP contribution in [0.1, 0.15) is 17.5 Å². The molecule has 0 spiro atoms. The van der Waals surface area contributed by atoms with Crippen molar-refractivity contribution in [2.75, 3.05) is 5.32 Å². The van der Waals surface area contributed by atoms with Gasteiger partial charge in [-0.25, -0.2) is 8.78 Å². The average Bonchev–Trinajstić information content (AvgIpc) is 3.11. The summed E-state index contributed by atoms with van der Waals surface area (Å²) in [7, 11) is 0. The Kier molecular flexibility index (Phi) is 3.43. The van der Waals surface area contributed by atoms with Crippen LogP contribution in [0, 0.1) is 19.8 Å². The standard InChI is InChI=1S/C17H16F2N2O/c1-10-5-6-12(21-16(22)14-9-17(14,18)19)8-13(10)15-11(2)4-3-7-20-15/h3-8,14H,9H2,1-2H3,(H,21,22)/t14-/m1/s1. The zero-order valence-electron chi connectivity index (χ0n) is 12.4. The van der Waals surface area contributed by atoms with Crippen molar-refractivity contribution in [1.82, 2.24) is 4.98 Å². The van der Waals surface area contributed by atoms with Crippen LogP contribution in [-0.4, -0.2) is 16.8 Å². The van der Waals surface area contributed by atoms with Crippen LogP contribution in [0.2, 0.25) is 0 Å². The van der Waals surface area contributed by atoms with Crippen molar-refractivity contribution in [2.45, 2.75) is 26.2 Å². The molecule has 1 fully saturated rings. The molecule has 1 aromatic carbocycles. The van der Waals surface area contributed by atoms with Crippen molar-refractivity contribution >= 4 is 11.6 Å². The second-order valence-electron chi connectivity index (χ2n) is 5.71. The van der Waals surface area contributed by atoms with E-state index in [2.05, 4.69) is 10.3 Å². The molecule has 22 heavy (non-hydrogen) atoms. The molecule has 1 N–H and O–H groups in total. The lowest BCUT2D eigenvalue weighted by Gasteiger charge is -2.11. The van der Waals surface area contributed by atoms with Crippen molar-refractivity contribution in [3.05, 3.63) is 47.7 Å². The largest absolute Gasteiger partial charge is 0.326 e. The van der Waals surface area contributed by atoms with Crippen LogP contribution in [0.15, 0.2) is 36.5 Å². The summed E-state index contributed by atoms with van der Waals surface area (Å²) >= 11 is 0. The third-order valence-corrected chi connectivity index (χ3v) is 3.91. The van der Waals surface area contributed by atoms with Crippen LogP contribution in [0.3, 0.4) is 0 Å².